The largest absolute Gasteiger partial charge is 0.459 e. The maximum Gasteiger partial charge on any atom is 0.319 e. The van der Waals surface area contributed by atoms with Gasteiger partial charge in [-0.25, -0.2) is 22.7 Å². The van der Waals surface area contributed by atoms with Crippen LogP contribution in [0.5, 0.6) is 0 Å². The van der Waals surface area contributed by atoms with E-state index < -0.39 is 22.1 Å². The number of carbonyl (C=O) groups excluding carboxylic acids is 1. The van der Waals surface area contributed by atoms with Crippen LogP contribution in [0.15, 0.2) is 51.8 Å². The van der Waals surface area contributed by atoms with Crippen LogP contribution >= 0.6 is 0 Å². The quantitative estimate of drug-likeness (QED) is 0.632. The van der Waals surface area contributed by atoms with Crippen molar-refractivity contribution in [2.24, 2.45) is 5.14 Å². The van der Waals surface area contributed by atoms with E-state index in [1.807, 2.05) is 0 Å². The van der Waals surface area contributed by atoms with Gasteiger partial charge in [-0.1, -0.05) is 0 Å². The van der Waals surface area contributed by atoms with Gasteiger partial charge in [-0.3, -0.25) is 0 Å². The molecule has 2 amide bonds. The Hall–Kier alpha value is -2.91. The zero-order valence-electron chi connectivity index (χ0n) is 14.6. The lowest BCUT2D eigenvalue weighted by Gasteiger charge is -2.13. The number of furan rings is 1. The molecule has 0 saturated heterocycles. The summed E-state index contributed by atoms with van der Waals surface area (Å²) in [5, 5.41) is 11.0. The maximum absolute atomic E-state index is 13.4. The first-order valence-electron chi connectivity index (χ1n) is 8.04. The van der Waals surface area contributed by atoms with Crippen molar-refractivity contribution in [3.63, 3.8) is 0 Å². The standard InChI is InChI=1S/C18H18FN3O4S/c1-10-15-9-12(19)3-8-16(15)26-17(10)11(2)21-18(23)22-13-4-6-14(7-5-13)27(20,24)25/h3-9,11H,1-2H3,(H2,20,24,25)(H2,21,22,23). The highest BCUT2D eigenvalue weighted by atomic mass is 32.2. The number of amides is 2. The molecule has 1 aromatic heterocycles. The van der Waals surface area contributed by atoms with E-state index in [2.05, 4.69) is 10.6 Å². The molecule has 0 spiro atoms. The van der Waals surface area contributed by atoms with Crippen molar-refractivity contribution in [3.8, 4) is 0 Å². The van der Waals surface area contributed by atoms with Gasteiger partial charge in [0.05, 0.1) is 10.9 Å². The maximum atomic E-state index is 13.4. The zero-order chi connectivity index (χ0) is 19.8. The van der Waals surface area contributed by atoms with Gasteiger partial charge in [0, 0.05) is 16.6 Å². The SMILES string of the molecule is Cc1c(C(C)NC(=O)Nc2ccc(S(N)(=O)=O)cc2)oc2ccc(F)cc12. The van der Waals surface area contributed by atoms with E-state index in [0.717, 1.165) is 5.56 Å². The first kappa shape index (κ1) is 18.9. The second-order valence-electron chi connectivity index (χ2n) is 6.12. The summed E-state index contributed by atoms with van der Waals surface area (Å²) in [6, 6.07) is 8.72. The van der Waals surface area contributed by atoms with Gasteiger partial charge in [-0.15, -0.1) is 0 Å². The number of urea groups is 1. The number of nitrogens with one attached hydrogen (secondary N) is 2. The highest BCUT2D eigenvalue weighted by Crippen LogP contribution is 2.30. The average Bonchev–Trinajstić information content (AvgIpc) is 2.91. The van der Waals surface area contributed by atoms with E-state index in [4.69, 9.17) is 9.56 Å². The van der Waals surface area contributed by atoms with Crippen molar-refractivity contribution in [1.82, 2.24) is 5.32 Å². The van der Waals surface area contributed by atoms with E-state index in [0.29, 0.717) is 22.4 Å². The summed E-state index contributed by atoms with van der Waals surface area (Å²) in [6.45, 7) is 3.54. The summed E-state index contributed by atoms with van der Waals surface area (Å²) in [4.78, 5) is 12.1. The molecule has 0 bridgehead atoms. The van der Waals surface area contributed by atoms with Gasteiger partial charge >= 0.3 is 6.03 Å². The molecule has 0 aliphatic carbocycles. The minimum Gasteiger partial charge on any atom is -0.459 e. The molecule has 27 heavy (non-hydrogen) atoms. The molecule has 0 saturated carbocycles. The third-order valence-electron chi connectivity index (χ3n) is 4.12. The number of aryl methyl sites for hydroxylation is 1. The Morgan fingerprint density at radius 2 is 1.85 bits per heavy atom. The second-order valence-corrected chi connectivity index (χ2v) is 7.68. The van der Waals surface area contributed by atoms with Crippen LogP contribution in [0.1, 0.15) is 24.3 Å². The molecule has 9 heteroatoms. The summed E-state index contributed by atoms with van der Waals surface area (Å²) >= 11 is 0. The predicted octanol–water partition coefficient (Wildman–Crippen LogP) is 3.41. The van der Waals surface area contributed by atoms with Gasteiger partial charge in [0.15, 0.2) is 0 Å². The molecule has 4 N–H and O–H groups in total. The molecule has 1 heterocycles. The van der Waals surface area contributed by atoms with Crippen molar-refractivity contribution in [3.05, 3.63) is 59.6 Å². The van der Waals surface area contributed by atoms with Crippen LogP contribution in [0.4, 0.5) is 14.9 Å². The fourth-order valence-corrected chi connectivity index (χ4v) is 3.30. The van der Waals surface area contributed by atoms with Crippen molar-refractivity contribution in [2.45, 2.75) is 24.8 Å². The van der Waals surface area contributed by atoms with Gasteiger partial charge in [-0.2, -0.15) is 0 Å². The average molecular weight is 391 g/mol. The van der Waals surface area contributed by atoms with Crippen LogP contribution in [0, 0.1) is 12.7 Å². The number of sulfonamides is 1. The molecule has 7 nitrogen and oxygen atoms in total. The summed E-state index contributed by atoms with van der Waals surface area (Å²) in [5.74, 6) is 0.162. The van der Waals surface area contributed by atoms with Gasteiger partial charge in [0.25, 0.3) is 0 Å². The van der Waals surface area contributed by atoms with Crippen LogP contribution in [-0.2, 0) is 10.0 Å². The normalized spacial score (nSPS) is 12.7. The number of hydrogen-bond acceptors (Lipinski definition) is 4. The van der Waals surface area contributed by atoms with Gasteiger partial charge in [0.2, 0.25) is 10.0 Å². The Bertz CT molecular complexity index is 1110. The molecular weight excluding hydrogens is 373 g/mol. The smallest absolute Gasteiger partial charge is 0.319 e. The molecule has 0 aliphatic rings. The van der Waals surface area contributed by atoms with Crippen LogP contribution < -0.4 is 15.8 Å². The number of rotatable bonds is 4. The lowest BCUT2D eigenvalue weighted by Crippen LogP contribution is -2.31. The monoisotopic (exact) mass is 391 g/mol. The Morgan fingerprint density at radius 3 is 2.48 bits per heavy atom. The molecule has 1 unspecified atom stereocenters. The molecular formula is C18H18FN3O4S. The topological polar surface area (TPSA) is 114 Å². The number of primary sulfonamides is 1. The fraction of sp³-hybridized carbons (Fsp3) is 0.167. The molecule has 1 atom stereocenters. The van der Waals surface area contributed by atoms with Crippen molar-refractivity contribution >= 4 is 32.7 Å². The van der Waals surface area contributed by atoms with Gasteiger partial charge in [0.1, 0.15) is 17.2 Å². The summed E-state index contributed by atoms with van der Waals surface area (Å²) < 4.78 is 41.6. The van der Waals surface area contributed by atoms with E-state index >= 15 is 0 Å². The lowest BCUT2D eigenvalue weighted by molar-refractivity contribution is 0.248. The minimum absolute atomic E-state index is 0.0491. The molecule has 0 aliphatic heterocycles. The Labute approximate surface area is 155 Å². The summed E-state index contributed by atoms with van der Waals surface area (Å²) in [7, 11) is -3.79. The Balaban J connectivity index is 1.71. The van der Waals surface area contributed by atoms with Crippen LogP contribution in [0.25, 0.3) is 11.0 Å². The van der Waals surface area contributed by atoms with Crippen molar-refractivity contribution in [1.29, 1.82) is 0 Å². The van der Waals surface area contributed by atoms with E-state index in [1.165, 1.54) is 36.4 Å². The third kappa shape index (κ3) is 4.09. The Morgan fingerprint density at radius 1 is 1.19 bits per heavy atom. The highest BCUT2D eigenvalue weighted by molar-refractivity contribution is 7.89. The lowest BCUT2D eigenvalue weighted by atomic mass is 10.1. The van der Waals surface area contributed by atoms with Crippen LogP contribution in [-0.4, -0.2) is 14.4 Å². The molecule has 142 valence electrons. The minimum atomic E-state index is -3.79. The van der Waals surface area contributed by atoms with Crippen LogP contribution in [0.3, 0.4) is 0 Å². The number of nitrogens with two attached hydrogens (primary N) is 1. The Kier molecular flexibility index (Phi) is 4.90. The summed E-state index contributed by atoms with van der Waals surface area (Å²) in [6.07, 6.45) is 0. The fourth-order valence-electron chi connectivity index (χ4n) is 2.78. The number of fused-ring (bicyclic) bond motifs is 1. The summed E-state index contributed by atoms with van der Waals surface area (Å²) in [5.41, 5.74) is 1.68. The van der Waals surface area contributed by atoms with Gasteiger partial charge in [-0.05, 0) is 56.3 Å². The predicted molar refractivity (Wildman–Crippen MR) is 99.3 cm³/mol. The number of anilines is 1. The van der Waals surface area contributed by atoms with E-state index in [-0.39, 0.29) is 10.7 Å². The van der Waals surface area contributed by atoms with Gasteiger partial charge < -0.3 is 15.1 Å². The number of halogens is 1. The number of benzene rings is 2. The zero-order valence-corrected chi connectivity index (χ0v) is 15.4. The highest BCUT2D eigenvalue weighted by Gasteiger charge is 2.19. The van der Waals surface area contributed by atoms with Crippen molar-refractivity contribution < 1.29 is 22.0 Å². The molecule has 3 rings (SSSR count). The number of hydrogen-bond donors (Lipinski definition) is 3. The van der Waals surface area contributed by atoms with Crippen LogP contribution in [0.2, 0.25) is 0 Å². The van der Waals surface area contributed by atoms with E-state index in [9.17, 15) is 17.6 Å². The first-order valence-corrected chi connectivity index (χ1v) is 9.58. The molecule has 2 aromatic carbocycles. The second kappa shape index (κ2) is 7.01. The third-order valence-corrected chi connectivity index (χ3v) is 5.05. The molecule has 3 aromatic rings. The molecule has 0 fully saturated rings. The van der Waals surface area contributed by atoms with Crippen molar-refractivity contribution in [2.75, 3.05) is 5.32 Å². The van der Waals surface area contributed by atoms with E-state index in [1.54, 1.807) is 19.9 Å². The first-order chi connectivity index (χ1) is 12.6. The number of carbonyl (C=O) groups is 1. The molecule has 0 radical (unpaired) electrons.